The zero-order chi connectivity index (χ0) is 17.9. The Kier molecular flexibility index (Phi) is 4.27. The average molecular weight is 345 g/mol. The third-order valence-electron chi connectivity index (χ3n) is 4.53. The Hall–Kier alpha value is -3.34. The van der Waals surface area contributed by atoms with E-state index in [9.17, 15) is 9.59 Å². The number of nitrogens with zero attached hydrogens (tertiary/aromatic N) is 2. The van der Waals surface area contributed by atoms with Crippen LogP contribution < -0.4 is 10.2 Å². The van der Waals surface area contributed by atoms with Crippen molar-refractivity contribution in [2.45, 2.75) is 12.8 Å². The van der Waals surface area contributed by atoms with Crippen LogP contribution in [0.5, 0.6) is 0 Å². The number of nitrogens with one attached hydrogen (secondary N) is 1. The molecule has 0 unspecified atom stereocenters. The summed E-state index contributed by atoms with van der Waals surface area (Å²) in [6.07, 6.45) is 5.28. The lowest BCUT2D eigenvalue weighted by Crippen LogP contribution is -2.25. The molecule has 2 heterocycles. The minimum Gasteiger partial charge on any atom is -0.324 e. The van der Waals surface area contributed by atoms with E-state index in [0.717, 1.165) is 17.8 Å². The van der Waals surface area contributed by atoms with Crippen LogP contribution in [0.2, 0.25) is 0 Å². The van der Waals surface area contributed by atoms with Gasteiger partial charge in [-0.15, -0.1) is 0 Å². The van der Waals surface area contributed by atoms with Crippen molar-refractivity contribution in [1.82, 2.24) is 4.57 Å². The molecule has 1 aliphatic heterocycles. The first-order chi connectivity index (χ1) is 12.7. The van der Waals surface area contributed by atoms with Crippen molar-refractivity contribution in [3.05, 3.63) is 78.6 Å². The van der Waals surface area contributed by atoms with Crippen LogP contribution in [0.3, 0.4) is 0 Å². The molecule has 3 aromatic rings. The monoisotopic (exact) mass is 345 g/mol. The Balaban J connectivity index is 1.60. The highest BCUT2D eigenvalue weighted by Crippen LogP contribution is 2.29. The Labute approximate surface area is 151 Å². The Morgan fingerprint density at radius 2 is 1.77 bits per heavy atom. The lowest BCUT2D eigenvalue weighted by molar-refractivity contribution is -0.117. The SMILES string of the molecule is O=C(Nc1ccccc1N1CCCC1=O)c1cccc(-n2cccc2)c1. The van der Waals surface area contributed by atoms with E-state index >= 15 is 0 Å². The van der Waals surface area contributed by atoms with E-state index in [1.165, 1.54) is 0 Å². The number of hydrogen-bond donors (Lipinski definition) is 1. The molecule has 2 amide bonds. The summed E-state index contributed by atoms with van der Waals surface area (Å²) in [6.45, 7) is 0.689. The molecular formula is C21H19N3O2. The van der Waals surface area contributed by atoms with Crippen LogP contribution in [0.15, 0.2) is 73.1 Å². The highest BCUT2D eigenvalue weighted by atomic mass is 16.2. The molecule has 26 heavy (non-hydrogen) atoms. The van der Waals surface area contributed by atoms with Crippen LogP contribution >= 0.6 is 0 Å². The lowest BCUT2D eigenvalue weighted by atomic mass is 10.1. The first-order valence-electron chi connectivity index (χ1n) is 8.66. The summed E-state index contributed by atoms with van der Waals surface area (Å²) >= 11 is 0. The molecule has 1 N–H and O–H groups in total. The molecule has 0 atom stereocenters. The van der Waals surface area contributed by atoms with Gasteiger partial charge in [-0.3, -0.25) is 9.59 Å². The quantitative estimate of drug-likeness (QED) is 0.781. The predicted octanol–water partition coefficient (Wildman–Crippen LogP) is 3.86. The van der Waals surface area contributed by atoms with Crippen LogP contribution in [-0.2, 0) is 4.79 Å². The maximum atomic E-state index is 12.8. The zero-order valence-corrected chi connectivity index (χ0v) is 14.3. The van der Waals surface area contributed by atoms with E-state index in [1.54, 1.807) is 11.0 Å². The molecule has 5 nitrogen and oxygen atoms in total. The first-order valence-corrected chi connectivity index (χ1v) is 8.66. The molecule has 2 aromatic carbocycles. The molecule has 1 aromatic heterocycles. The summed E-state index contributed by atoms with van der Waals surface area (Å²) in [7, 11) is 0. The van der Waals surface area contributed by atoms with Crippen molar-refractivity contribution in [3.63, 3.8) is 0 Å². The summed E-state index contributed by atoms with van der Waals surface area (Å²) < 4.78 is 1.95. The van der Waals surface area contributed by atoms with Gasteiger partial charge in [0.2, 0.25) is 5.91 Å². The van der Waals surface area contributed by atoms with Gasteiger partial charge in [0.15, 0.2) is 0 Å². The van der Waals surface area contributed by atoms with Gasteiger partial charge >= 0.3 is 0 Å². The van der Waals surface area contributed by atoms with Crippen LogP contribution in [0.25, 0.3) is 5.69 Å². The number of aromatic nitrogens is 1. The Morgan fingerprint density at radius 3 is 2.54 bits per heavy atom. The Bertz CT molecular complexity index is 947. The predicted molar refractivity (Wildman–Crippen MR) is 102 cm³/mol. The van der Waals surface area contributed by atoms with Crippen molar-refractivity contribution < 1.29 is 9.59 Å². The van der Waals surface area contributed by atoms with Crippen molar-refractivity contribution in [2.75, 3.05) is 16.8 Å². The second-order valence-corrected chi connectivity index (χ2v) is 6.26. The third-order valence-corrected chi connectivity index (χ3v) is 4.53. The maximum absolute atomic E-state index is 12.8. The summed E-state index contributed by atoms with van der Waals surface area (Å²) in [4.78, 5) is 26.6. The summed E-state index contributed by atoms with van der Waals surface area (Å²) in [5, 5.41) is 2.95. The standard InChI is InChI=1S/C21H19N3O2/c25-20-11-6-14-24(20)19-10-2-1-9-18(19)22-21(26)16-7-5-8-17(15-16)23-12-3-4-13-23/h1-5,7-10,12-13,15H,6,11,14H2,(H,22,26). The number of para-hydroxylation sites is 2. The van der Waals surface area contributed by atoms with Crippen molar-refractivity contribution in [2.24, 2.45) is 0 Å². The molecule has 1 saturated heterocycles. The van der Waals surface area contributed by atoms with Crippen molar-refractivity contribution in [1.29, 1.82) is 0 Å². The maximum Gasteiger partial charge on any atom is 0.255 e. The van der Waals surface area contributed by atoms with E-state index in [1.807, 2.05) is 71.6 Å². The van der Waals surface area contributed by atoms with Gasteiger partial charge in [-0.2, -0.15) is 0 Å². The minimum absolute atomic E-state index is 0.0984. The van der Waals surface area contributed by atoms with Crippen LogP contribution in [-0.4, -0.2) is 22.9 Å². The normalized spacial score (nSPS) is 13.8. The second-order valence-electron chi connectivity index (χ2n) is 6.26. The molecule has 5 heteroatoms. The van der Waals surface area contributed by atoms with E-state index < -0.39 is 0 Å². The molecule has 0 spiro atoms. The highest BCUT2D eigenvalue weighted by molar-refractivity contribution is 6.08. The van der Waals surface area contributed by atoms with Gasteiger partial charge in [0.25, 0.3) is 5.91 Å². The number of amides is 2. The zero-order valence-electron chi connectivity index (χ0n) is 14.3. The molecule has 0 bridgehead atoms. The van der Waals surface area contributed by atoms with Gasteiger partial charge in [-0.25, -0.2) is 0 Å². The molecule has 0 radical (unpaired) electrons. The van der Waals surface area contributed by atoms with E-state index in [2.05, 4.69) is 5.32 Å². The molecule has 4 rings (SSSR count). The first kappa shape index (κ1) is 16.1. The third kappa shape index (κ3) is 3.11. The van der Waals surface area contributed by atoms with Gasteiger partial charge in [-0.05, 0) is 48.9 Å². The highest BCUT2D eigenvalue weighted by Gasteiger charge is 2.24. The molecule has 1 aliphatic rings. The molecule has 130 valence electrons. The molecular weight excluding hydrogens is 326 g/mol. The summed E-state index contributed by atoms with van der Waals surface area (Å²) in [5.41, 5.74) is 2.90. The van der Waals surface area contributed by atoms with Gasteiger partial charge in [0, 0.05) is 36.6 Å². The largest absolute Gasteiger partial charge is 0.324 e. The summed E-state index contributed by atoms with van der Waals surface area (Å²) in [6, 6.07) is 18.8. The number of carbonyl (C=O) groups is 2. The smallest absolute Gasteiger partial charge is 0.255 e. The van der Waals surface area contributed by atoms with Gasteiger partial charge in [0.1, 0.15) is 0 Å². The lowest BCUT2D eigenvalue weighted by Gasteiger charge is -2.20. The molecule has 0 aliphatic carbocycles. The van der Waals surface area contributed by atoms with Gasteiger partial charge in [-0.1, -0.05) is 18.2 Å². The Morgan fingerprint density at radius 1 is 0.962 bits per heavy atom. The number of rotatable bonds is 4. The van der Waals surface area contributed by atoms with Gasteiger partial charge < -0.3 is 14.8 Å². The van der Waals surface area contributed by atoms with Crippen LogP contribution in [0, 0.1) is 0 Å². The van der Waals surface area contributed by atoms with E-state index in [0.29, 0.717) is 24.2 Å². The summed E-state index contributed by atoms with van der Waals surface area (Å²) in [5.74, 6) is -0.0978. The number of benzene rings is 2. The fraction of sp³-hybridized carbons (Fsp3) is 0.143. The topological polar surface area (TPSA) is 54.3 Å². The number of anilines is 2. The van der Waals surface area contributed by atoms with Crippen LogP contribution in [0.1, 0.15) is 23.2 Å². The van der Waals surface area contributed by atoms with Gasteiger partial charge in [0.05, 0.1) is 11.4 Å². The van der Waals surface area contributed by atoms with Crippen molar-refractivity contribution in [3.8, 4) is 5.69 Å². The molecule has 1 fully saturated rings. The molecule has 0 saturated carbocycles. The fourth-order valence-corrected chi connectivity index (χ4v) is 3.23. The van der Waals surface area contributed by atoms with Crippen molar-refractivity contribution >= 4 is 23.2 Å². The van der Waals surface area contributed by atoms with Crippen LogP contribution in [0.4, 0.5) is 11.4 Å². The number of carbonyl (C=O) groups excluding carboxylic acids is 2. The van der Waals surface area contributed by atoms with E-state index in [4.69, 9.17) is 0 Å². The van der Waals surface area contributed by atoms with E-state index in [-0.39, 0.29) is 11.8 Å². The fourth-order valence-electron chi connectivity index (χ4n) is 3.23. The second kappa shape index (κ2) is 6.88. The number of hydrogen-bond acceptors (Lipinski definition) is 2. The minimum atomic E-state index is -0.196. The average Bonchev–Trinajstić information content (AvgIpc) is 3.34.